The number of nitrogens with one attached hydrogen (secondary N) is 3. The van der Waals surface area contributed by atoms with E-state index in [1.807, 2.05) is 55.5 Å². The lowest BCUT2D eigenvalue weighted by Gasteiger charge is -2.26. The first-order valence-corrected chi connectivity index (χ1v) is 10.8. The van der Waals surface area contributed by atoms with Crippen LogP contribution < -0.4 is 15.8 Å². The number of tetrazole rings is 1. The number of anilines is 3. The maximum absolute atomic E-state index is 13.0. The average molecular weight is 444 g/mol. The predicted molar refractivity (Wildman–Crippen MR) is 128 cm³/mol. The van der Waals surface area contributed by atoms with Gasteiger partial charge in [-0.3, -0.25) is 9.59 Å². The highest BCUT2D eigenvalue weighted by Crippen LogP contribution is 2.41. The molecule has 0 fully saturated rings. The number of aromatic amines is 2. The fraction of sp³-hybridized carbons (Fsp3) is 0.208. The van der Waals surface area contributed by atoms with E-state index in [0.717, 1.165) is 24.0 Å². The topological polar surface area (TPSA) is 120 Å². The summed E-state index contributed by atoms with van der Waals surface area (Å²) in [5.74, 6) is 0.266. The van der Waals surface area contributed by atoms with Crippen molar-refractivity contribution < 1.29 is 4.79 Å². The van der Waals surface area contributed by atoms with Gasteiger partial charge in [-0.1, -0.05) is 55.8 Å². The first-order chi connectivity index (χ1) is 16.1. The number of pyridine rings is 1. The van der Waals surface area contributed by atoms with Crippen LogP contribution in [0.4, 0.5) is 17.1 Å². The zero-order valence-corrected chi connectivity index (χ0v) is 18.5. The van der Waals surface area contributed by atoms with E-state index in [1.165, 1.54) is 6.20 Å². The van der Waals surface area contributed by atoms with Crippen LogP contribution in [0.3, 0.4) is 0 Å². The Bertz CT molecular complexity index is 1280. The summed E-state index contributed by atoms with van der Waals surface area (Å²) in [4.78, 5) is 29.9. The van der Waals surface area contributed by atoms with Crippen molar-refractivity contribution in [3.05, 3.63) is 71.1 Å². The van der Waals surface area contributed by atoms with Crippen molar-refractivity contribution in [1.29, 1.82) is 0 Å². The number of H-pyrrole nitrogens is 2. The van der Waals surface area contributed by atoms with Gasteiger partial charge in [0.2, 0.25) is 11.7 Å². The van der Waals surface area contributed by atoms with Crippen molar-refractivity contribution in [3.8, 4) is 22.5 Å². The Labute approximate surface area is 190 Å². The van der Waals surface area contributed by atoms with Gasteiger partial charge in [-0.15, -0.1) is 10.2 Å². The number of carbonyl (C=O) groups is 1. The summed E-state index contributed by atoms with van der Waals surface area (Å²) >= 11 is 0. The lowest BCUT2D eigenvalue weighted by Crippen LogP contribution is -2.25. The van der Waals surface area contributed by atoms with Gasteiger partial charge >= 0.3 is 0 Å². The standard InChI is InChI=1S/C24H25N7O2/c1-3-4-13-20(32)26-19-14-15-25-24(33)22(19)31(2)21-17(16-9-6-5-7-10-16)11-8-12-18(21)23-27-29-30-28-23/h5-12,14-15H,3-4,13H2,1-2H3,(H2,25,26,32,33)(H,27,28,29,30). The van der Waals surface area contributed by atoms with Crippen molar-refractivity contribution >= 4 is 23.0 Å². The van der Waals surface area contributed by atoms with E-state index in [4.69, 9.17) is 0 Å². The van der Waals surface area contributed by atoms with Crippen LogP contribution in [0.5, 0.6) is 0 Å². The Morgan fingerprint density at radius 2 is 1.82 bits per heavy atom. The summed E-state index contributed by atoms with van der Waals surface area (Å²) in [6.07, 6.45) is 3.60. The van der Waals surface area contributed by atoms with Crippen LogP contribution >= 0.6 is 0 Å². The maximum atomic E-state index is 13.0. The summed E-state index contributed by atoms with van der Waals surface area (Å²) in [5, 5.41) is 17.4. The van der Waals surface area contributed by atoms with Crippen LogP contribution in [0.1, 0.15) is 26.2 Å². The minimum Gasteiger partial charge on any atom is -0.337 e. The molecule has 2 heterocycles. The van der Waals surface area contributed by atoms with Crippen LogP contribution in [0.15, 0.2) is 65.6 Å². The van der Waals surface area contributed by atoms with Gasteiger partial charge in [0, 0.05) is 30.8 Å². The van der Waals surface area contributed by atoms with E-state index in [1.54, 1.807) is 18.0 Å². The van der Waals surface area contributed by atoms with Crippen LogP contribution in [0, 0.1) is 0 Å². The smallest absolute Gasteiger partial charge is 0.273 e. The third-order valence-electron chi connectivity index (χ3n) is 5.34. The summed E-state index contributed by atoms with van der Waals surface area (Å²) in [6, 6.07) is 17.3. The minimum absolute atomic E-state index is 0.133. The molecule has 0 saturated carbocycles. The molecule has 2 aromatic carbocycles. The Morgan fingerprint density at radius 3 is 2.55 bits per heavy atom. The van der Waals surface area contributed by atoms with Gasteiger partial charge in [0.15, 0.2) is 0 Å². The molecule has 168 valence electrons. The van der Waals surface area contributed by atoms with Crippen molar-refractivity contribution in [1.82, 2.24) is 25.6 Å². The number of aromatic nitrogens is 5. The average Bonchev–Trinajstić information content (AvgIpc) is 3.37. The van der Waals surface area contributed by atoms with E-state index in [2.05, 4.69) is 30.9 Å². The number of para-hydroxylation sites is 1. The monoisotopic (exact) mass is 443 g/mol. The second-order valence-electron chi connectivity index (χ2n) is 7.58. The number of amides is 1. The zero-order valence-electron chi connectivity index (χ0n) is 18.5. The number of rotatable bonds is 8. The van der Waals surface area contributed by atoms with Gasteiger partial charge in [-0.25, -0.2) is 0 Å². The lowest BCUT2D eigenvalue weighted by molar-refractivity contribution is -0.116. The third kappa shape index (κ3) is 4.67. The molecule has 0 aliphatic carbocycles. The molecule has 9 nitrogen and oxygen atoms in total. The van der Waals surface area contributed by atoms with Crippen molar-refractivity contribution in [3.63, 3.8) is 0 Å². The summed E-state index contributed by atoms with van der Waals surface area (Å²) in [7, 11) is 1.79. The number of nitrogens with zero attached hydrogens (tertiary/aromatic N) is 4. The van der Waals surface area contributed by atoms with E-state index < -0.39 is 0 Å². The van der Waals surface area contributed by atoms with Gasteiger partial charge in [0.05, 0.1) is 11.4 Å². The summed E-state index contributed by atoms with van der Waals surface area (Å²) < 4.78 is 0. The van der Waals surface area contributed by atoms with Crippen LogP contribution in [-0.4, -0.2) is 38.6 Å². The van der Waals surface area contributed by atoms with Crippen LogP contribution in [0.2, 0.25) is 0 Å². The van der Waals surface area contributed by atoms with Crippen molar-refractivity contribution in [2.24, 2.45) is 0 Å². The lowest BCUT2D eigenvalue weighted by atomic mass is 9.98. The molecule has 0 radical (unpaired) electrons. The van der Waals surface area contributed by atoms with Gasteiger partial charge in [0.1, 0.15) is 5.69 Å². The molecule has 33 heavy (non-hydrogen) atoms. The molecular formula is C24H25N7O2. The highest BCUT2D eigenvalue weighted by atomic mass is 16.1. The largest absolute Gasteiger partial charge is 0.337 e. The first-order valence-electron chi connectivity index (χ1n) is 10.8. The third-order valence-corrected chi connectivity index (χ3v) is 5.34. The molecule has 0 aliphatic heterocycles. The fourth-order valence-corrected chi connectivity index (χ4v) is 3.78. The van der Waals surface area contributed by atoms with Crippen molar-refractivity contribution in [2.75, 3.05) is 17.3 Å². The number of carbonyl (C=O) groups excluding carboxylic acids is 1. The van der Waals surface area contributed by atoms with E-state index in [-0.39, 0.29) is 11.5 Å². The van der Waals surface area contributed by atoms with E-state index >= 15 is 0 Å². The van der Waals surface area contributed by atoms with Gasteiger partial charge in [-0.05, 0) is 29.3 Å². The quantitative estimate of drug-likeness (QED) is 0.377. The molecule has 0 spiro atoms. The SMILES string of the molecule is CCCCC(=O)Nc1cc[nH]c(=O)c1N(C)c1c(-c2ccccc2)cccc1-c1nn[nH]n1. The second-order valence-corrected chi connectivity index (χ2v) is 7.58. The maximum Gasteiger partial charge on any atom is 0.273 e. The molecule has 0 bridgehead atoms. The predicted octanol–water partition coefficient (Wildman–Crippen LogP) is 4.12. The Balaban J connectivity index is 1.88. The molecule has 0 atom stereocenters. The second kappa shape index (κ2) is 9.90. The summed E-state index contributed by atoms with van der Waals surface area (Å²) in [6.45, 7) is 2.03. The molecule has 1 amide bonds. The van der Waals surface area contributed by atoms with Crippen LogP contribution in [0.25, 0.3) is 22.5 Å². The Morgan fingerprint density at radius 1 is 1.03 bits per heavy atom. The molecule has 9 heteroatoms. The first kappa shape index (κ1) is 21.9. The minimum atomic E-state index is -0.326. The van der Waals surface area contributed by atoms with Gasteiger partial charge in [-0.2, -0.15) is 5.21 Å². The van der Waals surface area contributed by atoms with Gasteiger partial charge < -0.3 is 15.2 Å². The fourth-order valence-electron chi connectivity index (χ4n) is 3.78. The molecule has 0 aliphatic rings. The molecule has 0 unspecified atom stereocenters. The number of benzene rings is 2. The molecule has 3 N–H and O–H groups in total. The van der Waals surface area contributed by atoms with Crippen LogP contribution in [-0.2, 0) is 4.79 Å². The number of hydrogen-bond acceptors (Lipinski definition) is 6. The highest BCUT2D eigenvalue weighted by molar-refractivity contribution is 5.98. The van der Waals surface area contributed by atoms with Crippen molar-refractivity contribution in [2.45, 2.75) is 26.2 Å². The Hall–Kier alpha value is -4.27. The zero-order chi connectivity index (χ0) is 23.2. The molecule has 4 aromatic rings. The highest BCUT2D eigenvalue weighted by Gasteiger charge is 2.23. The molecule has 2 aromatic heterocycles. The summed E-state index contributed by atoms with van der Waals surface area (Å²) in [5.41, 5.74) is 3.68. The van der Waals surface area contributed by atoms with Gasteiger partial charge in [0.25, 0.3) is 5.56 Å². The normalized spacial score (nSPS) is 10.7. The number of hydrogen-bond donors (Lipinski definition) is 3. The van der Waals surface area contributed by atoms with E-state index in [9.17, 15) is 9.59 Å². The van der Waals surface area contributed by atoms with E-state index in [0.29, 0.717) is 34.9 Å². The Kier molecular flexibility index (Phi) is 6.58. The molecule has 0 saturated heterocycles. The molecule has 4 rings (SSSR count). The number of unbranched alkanes of at least 4 members (excludes halogenated alkanes) is 1. The molecular weight excluding hydrogens is 418 g/mol.